The van der Waals surface area contributed by atoms with Crippen LogP contribution in [-0.2, 0) is 17.8 Å². The SMILES string of the molecule is C[C@H]1CN(Cc2ccccc2CNC(=O)c2ccccn2)C[C@H](C)O1. The molecule has 0 spiro atoms. The summed E-state index contributed by atoms with van der Waals surface area (Å²) in [5.41, 5.74) is 2.82. The van der Waals surface area contributed by atoms with Crippen molar-refractivity contribution in [1.29, 1.82) is 0 Å². The first-order valence-corrected chi connectivity index (χ1v) is 8.75. The Hall–Kier alpha value is -2.24. The summed E-state index contributed by atoms with van der Waals surface area (Å²) in [5, 5.41) is 2.97. The number of benzene rings is 1. The second-order valence-corrected chi connectivity index (χ2v) is 6.62. The highest BCUT2D eigenvalue weighted by Crippen LogP contribution is 2.17. The first-order chi connectivity index (χ1) is 12.1. The smallest absolute Gasteiger partial charge is 0.270 e. The molecule has 1 saturated heterocycles. The molecule has 5 nitrogen and oxygen atoms in total. The van der Waals surface area contributed by atoms with Crippen molar-refractivity contribution in [2.24, 2.45) is 0 Å². The van der Waals surface area contributed by atoms with Crippen LogP contribution in [0.5, 0.6) is 0 Å². The zero-order valence-electron chi connectivity index (χ0n) is 14.8. The normalized spacial score (nSPS) is 21.0. The van der Waals surface area contributed by atoms with Gasteiger partial charge in [0.25, 0.3) is 5.91 Å². The van der Waals surface area contributed by atoms with E-state index in [1.807, 2.05) is 18.2 Å². The summed E-state index contributed by atoms with van der Waals surface area (Å²) in [6.07, 6.45) is 2.13. The van der Waals surface area contributed by atoms with Crippen LogP contribution in [0.4, 0.5) is 0 Å². The van der Waals surface area contributed by atoms with Gasteiger partial charge in [-0.15, -0.1) is 0 Å². The fourth-order valence-corrected chi connectivity index (χ4v) is 3.30. The molecule has 3 rings (SSSR count). The van der Waals surface area contributed by atoms with Gasteiger partial charge in [-0.05, 0) is 37.1 Å². The van der Waals surface area contributed by atoms with Crippen LogP contribution in [0.3, 0.4) is 0 Å². The number of morpholine rings is 1. The quantitative estimate of drug-likeness (QED) is 0.910. The highest BCUT2D eigenvalue weighted by molar-refractivity contribution is 5.92. The number of nitrogens with zero attached hydrogens (tertiary/aromatic N) is 2. The third kappa shape index (κ3) is 4.87. The summed E-state index contributed by atoms with van der Waals surface area (Å²) in [6, 6.07) is 13.6. The molecular formula is C20H25N3O2. The Balaban J connectivity index is 1.64. The average Bonchev–Trinajstić information content (AvgIpc) is 2.60. The van der Waals surface area contributed by atoms with Gasteiger partial charge in [-0.25, -0.2) is 0 Å². The number of carbonyl (C=O) groups excluding carboxylic acids is 1. The van der Waals surface area contributed by atoms with E-state index in [0.717, 1.165) is 25.2 Å². The van der Waals surface area contributed by atoms with Crippen molar-refractivity contribution in [3.8, 4) is 0 Å². The van der Waals surface area contributed by atoms with E-state index in [4.69, 9.17) is 4.74 Å². The minimum Gasteiger partial charge on any atom is -0.373 e. The predicted molar refractivity (Wildman–Crippen MR) is 97.1 cm³/mol. The molecule has 0 aliphatic carbocycles. The van der Waals surface area contributed by atoms with Crippen molar-refractivity contribution < 1.29 is 9.53 Å². The number of amides is 1. The van der Waals surface area contributed by atoms with E-state index < -0.39 is 0 Å². The van der Waals surface area contributed by atoms with Crippen LogP contribution >= 0.6 is 0 Å². The molecule has 1 aliphatic heterocycles. The molecule has 1 fully saturated rings. The van der Waals surface area contributed by atoms with Gasteiger partial charge in [-0.1, -0.05) is 30.3 Å². The molecule has 0 saturated carbocycles. The molecule has 0 radical (unpaired) electrons. The Morgan fingerprint density at radius 3 is 2.48 bits per heavy atom. The first kappa shape index (κ1) is 17.6. The summed E-state index contributed by atoms with van der Waals surface area (Å²) in [6.45, 7) is 7.45. The van der Waals surface area contributed by atoms with E-state index >= 15 is 0 Å². The highest BCUT2D eigenvalue weighted by atomic mass is 16.5. The van der Waals surface area contributed by atoms with Crippen LogP contribution in [0.2, 0.25) is 0 Å². The first-order valence-electron chi connectivity index (χ1n) is 8.75. The lowest BCUT2D eigenvalue weighted by atomic mass is 10.1. The number of aromatic nitrogens is 1. The lowest BCUT2D eigenvalue weighted by molar-refractivity contribution is -0.0705. The second kappa shape index (κ2) is 8.23. The Labute approximate surface area is 149 Å². The van der Waals surface area contributed by atoms with Crippen LogP contribution in [-0.4, -0.2) is 41.1 Å². The minimum atomic E-state index is -0.149. The Morgan fingerprint density at radius 1 is 1.12 bits per heavy atom. The number of hydrogen-bond acceptors (Lipinski definition) is 4. The van der Waals surface area contributed by atoms with Crippen molar-refractivity contribution in [3.63, 3.8) is 0 Å². The molecule has 5 heteroatoms. The van der Waals surface area contributed by atoms with E-state index in [9.17, 15) is 4.79 Å². The van der Waals surface area contributed by atoms with Gasteiger partial charge in [0, 0.05) is 32.4 Å². The molecule has 1 N–H and O–H groups in total. The molecule has 1 aromatic carbocycles. The molecular weight excluding hydrogens is 314 g/mol. The van der Waals surface area contributed by atoms with E-state index in [1.54, 1.807) is 18.3 Å². The fourth-order valence-electron chi connectivity index (χ4n) is 3.30. The molecule has 2 aromatic rings. The summed E-state index contributed by atoms with van der Waals surface area (Å²) < 4.78 is 5.81. The fraction of sp³-hybridized carbons (Fsp3) is 0.400. The lowest BCUT2D eigenvalue weighted by Gasteiger charge is -2.35. The van der Waals surface area contributed by atoms with Gasteiger partial charge in [0.1, 0.15) is 5.69 Å². The molecule has 1 aliphatic rings. The molecule has 0 bridgehead atoms. The average molecular weight is 339 g/mol. The van der Waals surface area contributed by atoms with E-state index in [0.29, 0.717) is 12.2 Å². The van der Waals surface area contributed by atoms with Gasteiger partial charge in [0.15, 0.2) is 0 Å². The van der Waals surface area contributed by atoms with Gasteiger partial charge >= 0.3 is 0 Å². The summed E-state index contributed by atoms with van der Waals surface area (Å²) in [7, 11) is 0. The molecule has 2 atom stereocenters. The maximum atomic E-state index is 12.2. The Morgan fingerprint density at radius 2 is 1.80 bits per heavy atom. The number of rotatable bonds is 5. The molecule has 25 heavy (non-hydrogen) atoms. The largest absolute Gasteiger partial charge is 0.373 e. The highest BCUT2D eigenvalue weighted by Gasteiger charge is 2.22. The third-order valence-corrected chi connectivity index (χ3v) is 4.34. The Bertz CT molecular complexity index is 695. The summed E-state index contributed by atoms with van der Waals surface area (Å²) >= 11 is 0. The molecule has 132 valence electrons. The third-order valence-electron chi connectivity index (χ3n) is 4.34. The van der Waals surface area contributed by atoms with Crippen molar-refractivity contribution in [2.45, 2.75) is 39.1 Å². The van der Waals surface area contributed by atoms with Crippen LogP contribution in [0.1, 0.15) is 35.5 Å². The summed E-state index contributed by atoms with van der Waals surface area (Å²) in [5.74, 6) is -0.149. The van der Waals surface area contributed by atoms with E-state index in [-0.39, 0.29) is 18.1 Å². The molecule has 1 aromatic heterocycles. The molecule has 1 amide bonds. The Kier molecular flexibility index (Phi) is 5.79. The number of carbonyl (C=O) groups is 1. The van der Waals surface area contributed by atoms with Crippen molar-refractivity contribution in [2.75, 3.05) is 13.1 Å². The van der Waals surface area contributed by atoms with E-state index in [1.165, 1.54) is 5.56 Å². The molecule has 2 heterocycles. The number of hydrogen-bond donors (Lipinski definition) is 1. The maximum absolute atomic E-state index is 12.2. The van der Waals surface area contributed by atoms with Gasteiger partial charge in [0.05, 0.1) is 12.2 Å². The van der Waals surface area contributed by atoms with Crippen LogP contribution in [0, 0.1) is 0 Å². The van der Waals surface area contributed by atoms with Gasteiger partial charge in [-0.3, -0.25) is 14.7 Å². The van der Waals surface area contributed by atoms with Crippen molar-refractivity contribution in [3.05, 3.63) is 65.5 Å². The monoisotopic (exact) mass is 339 g/mol. The number of pyridine rings is 1. The summed E-state index contributed by atoms with van der Waals surface area (Å²) in [4.78, 5) is 18.7. The minimum absolute atomic E-state index is 0.149. The van der Waals surface area contributed by atoms with Crippen LogP contribution in [0.25, 0.3) is 0 Å². The number of nitrogens with one attached hydrogen (secondary N) is 1. The zero-order chi connectivity index (χ0) is 17.6. The van der Waals surface area contributed by atoms with Gasteiger partial charge in [0.2, 0.25) is 0 Å². The van der Waals surface area contributed by atoms with Crippen LogP contribution in [0.15, 0.2) is 48.7 Å². The topological polar surface area (TPSA) is 54.5 Å². The van der Waals surface area contributed by atoms with Gasteiger partial charge < -0.3 is 10.1 Å². The zero-order valence-corrected chi connectivity index (χ0v) is 14.8. The van der Waals surface area contributed by atoms with Gasteiger partial charge in [-0.2, -0.15) is 0 Å². The number of ether oxygens (including phenoxy) is 1. The lowest BCUT2D eigenvalue weighted by Crippen LogP contribution is -2.45. The van der Waals surface area contributed by atoms with Crippen molar-refractivity contribution >= 4 is 5.91 Å². The standard InChI is InChI=1S/C20H25N3O2/c1-15-12-23(13-16(2)25-15)14-18-8-4-3-7-17(18)11-22-20(24)19-9-5-6-10-21-19/h3-10,15-16H,11-14H2,1-2H3,(H,22,24)/t15-,16-/m0/s1. The maximum Gasteiger partial charge on any atom is 0.270 e. The van der Waals surface area contributed by atoms with Crippen LogP contribution < -0.4 is 5.32 Å². The molecule has 0 unspecified atom stereocenters. The van der Waals surface area contributed by atoms with E-state index in [2.05, 4.69) is 41.2 Å². The second-order valence-electron chi connectivity index (χ2n) is 6.62. The predicted octanol–water partition coefficient (Wildman–Crippen LogP) is 2.62. The van der Waals surface area contributed by atoms with Crippen molar-refractivity contribution in [1.82, 2.24) is 15.2 Å².